The number of rotatable bonds is 4. The van der Waals surface area contributed by atoms with Gasteiger partial charge in [-0.2, -0.15) is 0 Å². The number of hydrogen-bond acceptors (Lipinski definition) is 3. The van der Waals surface area contributed by atoms with E-state index < -0.39 is 0 Å². The van der Waals surface area contributed by atoms with Crippen molar-refractivity contribution in [3.63, 3.8) is 0 Å². The van der Waals surface area contributed by atoms with Gasteiger partial charge < -0.3 is 4.74 Å². The van der Waals surface area contributed by atoms with Gasteiger partial charge in [0.1, 0.15) is 6.10 Å². The molecule has 0 atom stereocenters. The van der Waals surface area contributed by atoms with Crippen LogP contribution in [0.5, 0.6) is 0 Å². The summed E-state index contributed by atoms with van der Waals surface area (Å²) in [6.45, 7) is 2.91. The molecule has 5 heteroatoms. The van der Waals surface area contributed by atoms with E-state index in [1.807, 2.05) is 30.3 Å². The van der Waals surface area contributed by atoms with Crippen molar-refractivity contribution in [3.05, 3.63) is 69.3 Å². The number of benzene rings is 2. The van der Waals surface area contributed by atoms with Gasteiger partial charge in [0.2, 0.25) is 0 Å². The number of hydrogen-bond donors (Lipinski definition) is 0. The van der Waals surface area contributed by atoms with Crippen molar-refractivity contribution in [1.29, 1.82) is 0 Å². The molecule has 2 aromatic carbocycles. The summed E-state index contributed by atoms with van der Waals surface area (Å²) in [5.41, 5.74) is 1.97. The van der Waals surface area contributed by atoms with Crippen molar-refractivity contribution in [3.8, 4) is 0 Å². The van der Waals surface area contributed by atoms with E-state index in [1.54, 1.807) is 0 Å². The third-order valence-corrected chi connectivity index (χ3v) is 4.86. The highest BCUT2D eigenvalue weighted by molar-refractivity contribution is 14.1. The van der Waals surface area contributed by atoms with Crippen molar-refractivity contribution >= 4 is 41.0 Å². The minimum atomic E-state index is -0.206. The Morgan fingerprint density at radius 1 is 1.04 bits per heavy atom. The second-order valence-electron chi connectivity index (χ2n) is 5.87. The molecule has 3 nitrogen and oxygen atoms in total. The number of carbonyl (C=O) groups is 1. The van der Waals surface area contributed by atoms with Gasteiger partial charge in [0.25, 0.3) is 0 Å². The van der Waals surface area contributed by atoms with E-state index in [0.29, 0.717) is 5.56 Å². The summed E-state index contributed by atoms with van der Waals surface area (Å²) in [5, 5.41) is 0. The Hall–Kier alpha value is -1.11. The van der Waals surface area contributed by atoms with Crippen LogP contribution >= 0.6 is 35.0 Å². The molecule has 0 radical (unpaired) electrons. The highest BCUT2D eigenvalue weighted by Gasteiger charge is 2.22. The molecule has 1 saturated heterocycles. The highest BCUT2D eigenvalue weighted by Crippen LogP contribution is 2.18. The van der Waals surface area contributed by atoms with Gasteiger partial charge in [-0.3, -0.25) is 4.90 Å². The molecule has 1 aliphatic rings. The molecule has 24 heavy (non-hydrogen) atoms. The zero-order valence-corrected chi connectivity index (χ0v) is 16.3. The van der Waals surface area contributed by atoms with E-state index in [0.717, 1.165) is 36.0 Å². The first-order valence-corrected chi connectivity index (χ1v) is 9.01. The van der Waals surface area contributed by atoms with Crippen molar-refractivity contribution in [2.45, 2.75) is 25.5 Å². The summed E-state index contributed by atoms with van der Waals surface area (Å²) in [6.07, 6.45) is 1.85. The van der Waals surface area contributed by atoms with Crippen LogP contribution in [0.2, 0.25) is 0 Å². The molecule has 0 N–H and O–H groups in total. The van der Waals surface area contributed by atoms with Crippen LogP contribution in [0.3, 0.4) is 0 Å². The topological polar surface area (TPSA) is 29.5 Å². The molecule has 1 fully saturated rings. The quantitative estimate of drug-likeness (QED) is 0.499. The van der Waals surface area contributed by atoms with E-state index in [4.69, 9.17) is 4.74 Å². The Labute approximate surface area is 162 Å². The lowest BCUT2D eigenvalue weighted by molar-refractivity contribution is 0.0104. The van der Waals surface area contributed by atoms with E-state index >= 15 is 0 Å². The van der Waals surface area contributed by atoms with Gasteiger partial charge in [-0.05, 0) is 65.3 Å². The van der Waals surface area contributed by atoms with Gasteiger partial charge in [-0.1, -0.05) is 30.3 Å². The second-order valence-corrected chi connectivity index (χ2v) is 7.12. The van der Waals surface area contributed by atoms with Gasteiger partial charge in [0.05, 0.1) is 5.56 Å². The zero-order chi connectivity index (χ0) is 16.1. The smallest absolute Gasteiger partial charge is 0.338 e. The molecule has 0 bridgehead atoms. The summed E-state index contributed by atoms with van der Waals surface area (Å²) < 4.78 is 6.77. The minimum Gasteiger partial charge on any atom is -0.459 e. The first-order chi connectivity index (χ1) is 11.2. The molecule has 0 amide bonds. The molecule has 0 aliphatic carbocycles. The molecule has 0 spiro atoms. The van der Waals surface area contributed by atoms with Crippen LogP contribution in [0.4, 0.5) is 0 Å². The average molecular weight is 458 g/mol. The van der Waals surface area contributed by atoms with Crippen LogP contribution in [-0.2, 0) is 11.3 Å². The van der Waals surface area contributed by atoms with Crippen molar-refractivity contribution in [1.82, 2.24) is 4.90 Å². The summed E-state index contributed by atoms with van der Waals surface area (Å²) in [7, 11) is 0. The predicted molar refractivity (Wildman–Crippen MR) is 107 cm³/mol. The van der Waals surface area contributed by atoms with Gasteiger partial charge in [0.15, 0.2) is 0 Å². The SMILES string of the molecule is Cl.O=C(OC1CCN(Cc2ccccc2)CC1)c1ccc(I)cc1. The molecule has 3 rings (SSSR count). The molecule has 0 saturated carbocycles. The van der Waals surface area contributed by atoms with Gasteiger partial charge in [-0.15, -0.1) is 12.4 Å². The first-order valence-electron chi connectivity index (χ1n) is 7.93. The normalized spacial score (nSPS) is 15.5. The molecule has 2 aromatic rings. The molecule has 1 aliphatic heterocycles. The number of carbonyl (C=O) groups excluding carboxylic acids is 1. The summed E-state index contributed by atoms with van der Waals surface area (Å²) >= 11 is 2.23. The molecule has 0 aromatic heterocycles. The maximum atomic E-state index is 12.2. The number of nitrogens with zero attached hydrogens (tertiary/aromatic N) is 1. The van der Waals surface area contributed by atoms with Gasteiger partial charge in [0, 0.05) is 23.2 Å². The van der Waals surface area contributed by atoms with Crippen LogP contribution in [0, 0.1) is 3.57 Å². The van der Waals surface area contributed by atoms with E-state index in [1.165, 1.54) is 5.56 Å². The maximum Gasteiger partial charge on any atom is 0.338 e. The Kier molecular flexibility index (Phi) is 7.52. The van der Waals surface area contributed by atoms with E-state index in [2.05, 4.69) is 51.8 Å². The predicted octanol–water partition coefficient (Wildman–Crippen LogP) is 4.53. The molecular weight excluding hydrogens is 437 g/mol. The lowest BCUT2D eigenvalue weighted by atomic mass is 10.1. The second kappa shape index (κ2) is 9.39. The highest BCUT2D eigenvalue weighted by atomic mass is 127. The lowest BCUT2D eigenvalue weighted by Gasteiger charge is -2.31. The van der Waals surface area contributed by atoms with Crippen LogP contribution in [0.1, 0.15) is 28.8 Å². The van der Waals surface area contributed by atoms with Crippen molar-refractivity contribution < 1.29 is 9.53 Å². The molecule has 128 valence electrons. The van der Waals surface area contributed by atoms with Crippen LogP contribution < -0.4 is 0 Å². The fourth-order valence-corrected chi connectivity index (χ4v) is 3.19. The fourth-order valence-electron chi connectivity index (χ4n) is 2.83. The third-order valence-electron chi connectivity index (χ3n) is 4.14. The number of likely N-dealkylation sites (tertiary alicyclic amines) is 1. The molecule has 0 unspecified atom stereocenters. The Bertz CT molecular complexity index is 640. The summed E-state index contributed by atoms with van der Waals surface area (Å²) in [6, 6.07) is 18.0. The van der Waals surface area contributed by atoms with Gasteiger partial charge in [-0.25, -0.2) is 4.79 Å². The minimum absolute atomic E-state index is 0. The Morgan fingerprint density at radius 2 is 1.67 bits per heavy atom. The van der Waals surface area contributed by atoms with E-state index in [-0.39, 0.29) is 24.5 Å². The Balaban J connectivity index is 0.00000208. The summed E-state index contributed by atoms with van der Waals surface area (Å²) in [5.74, 6) is -0.206. The fraction of sp³-hybridized carbons (Fsp3) is 0.316. The Morgan fingerprint density at radius 3 is 2.29 bits per heavy atom. The third kappa shape index (κ3) is 5.46. The van der Waals surface area contributed by atoms with Crippen molar-refractivity contribution in [2.24, 2.45) is 0 Å². The van der Waals surface area contributed by atoms with E-state index in [9.17, 15) is 4.79 Å². The zero-order valence-electron chi connectivity index (χ0n) is 13.4. The average Bonchev–Trinajstić information content (AvgIpc) is 2.58. The monoisotopic (exact) mass is 457 g/mol. The van der Waals surface area contributed by atoms with Crippen molar-refractivity contribution in [2.75, 3.05) is 13.1 Å². The van der Waals surface area contributed by atoms with Crippen LogP contribution in [0.25, 0.3) is 0 Å². The standard InChI is InChI=1S/C19H20INO2.ClH/c20-17-8-6-16(7-9-17)19(22)23-18-10-12-21(13-11-18)14-15-4-2-1-3-5-15;/h1-9,18H,10-14H2;1H. The lowest BCUT2D eigenvalue weighted by Crippen LogP contribution is -2.37. The first kappa shape index (κ1) is 19.2. The number of halogens is 2. The number of ether oxygens (including phenoxy) is 1. The maximum absolute atomic E-state index is 12.2. The van der Waals surface area contributed by atoms with Crippen LogP contribution in [0.15, 0.2) is 54.6 Å². The van der Waals surface area contributed by atoms with Gasteiger partial charge >= 0.3 is 5.97 Å². The number of piperidine rings is 1. The van der Waals surface area contributed by atoms with Crippen LogP contribution in [-0.4, -0.2) is 30.1 Å². The summed E-state index contributed by atoms with van der Waals surface area (Å²) in [4.78, 5) is 14.6. The largest absolute Gasteiger partial charge is 0.459 e. The molecular formula is C19H21ClINO2. The number of esters is 1. The molecule has 1 heterocycles.